The van der Waals surface area contributed by atoms with Gasteiger partial charge in [0.1, 0.15) is 13.6 Å². The topological polar surface area (TPSA) is 6.02 Å². The van der Waals surface area contributed by atoms with E-state index in [1.165, 1.54) is 0 Å². The van der Waals surface area contributed by atoms with Gasteiger partial charge >= 0.3 is 6.67 Å². The summed E-state index contributed by atoms with van der Waals surface area (Å²) in [6, 6.07) is 0. The molecule has 52 valence electrons. The Balaban J connectivity index is 0.000000640. The zero-order valence-electron chi connectivity index (χ0n) is 5.84. The SMILES string of the molecule is CC[N+]1=CC=[N+](C)C1.[Br-]. The lowest BCUT2D eigenvalue weighted by Crippen LogP contribution is -3.00. The molecule has 2 nitrogen and oxygen atoms in total. The Labute approximate surface area is 66.3 Å². The highest BCUT2D eigenvalue weighted by atomic mass is 79.9. The zero-order chi connectivity index (χ0) is 5.98. The second-order valence-corrected chi connectivity index (χ2v) is 2.10. The molecule has 3 heteroatoms. The molecule has 0 spiro atoms. The Morgan fingerprint density at radius 3 is 2.33 bits per heavy atom. The van der Waals surface area contributed by atoms with Crippen LogP contribution < -0.4 is 17.0 Å². The Bertz CT molecular complexity index is 149. The van der Waals surface area contributed by atoms with Crippen LogP contribution in [0.15, 0.2) is 0 Å². The first-order valence-corrected chi connectivity index (χ1v) is 2.95. The van der Waals surface area contributed by atoms with Crippen molar-refractivity contribution < 1.29 is 26.1 Å². The fourth-order valence-electron chi connectivity index (χ4n) is 0.794. The van der Waals surface area contributed by atoms with Crippen LogP contribution in [-0.2, 0) is 0 Å². The molecule has 1 heterocycles. The third-order valence-electron chi connectivity index (χ3n) is 1.34. The molecule has 0 aliphatic carbocycles. The third kappa shape index (κ3) is 2.26. The van der Waals surface area contributed by atoms with Gasteiger partial charge in [0.15, 0.2) is 0 Å². The van der Waals surface area contributed by atoms with Gasteiger partial charge in [-0.05, 0) is 6.92 Å². The average molecular weight is 192 g/mol. The maximum absolute atomic E-state index is 2.25. The Hall–Kier alpha value is -0.180. The second-order valence-electron chi connectivity index (χ2n) is 2.10. The quantitative estimate of drug-likeness (QED) is 0.385. The van der Waals surface area contributed by atoms with Gasteiger partial charge in [-0.2, -0.15) is 9.15 Å². The van der Waals surface area contributed by atoms with Gasteiger partial charge in [0, 0.05) is 0 Å². The molecule has 0 amide bonds. The summed E-state index contributed by atoms with van der Waals surface area (Å²) in [5.74, 6) is 0. The molecule has 0 aromatic carbocycles. The molecule has 1 aliphatic heterocycles. The number of halogens is 1. The summed E-state index contributed by atoms with van der Waals surface area (Å²) < 4.78 is 4.41. The molecule has 1 rings (SSSR count). The van der Waals surface area contributed by atoms with Gasteiger partial charge in [0.2, 0.25) is 12.4 Å². The fraction of sp³-hybridized carbons (Fsp3) is 0.667. The van der Waals surface area contributed by atoms with Crippen molar-refractivity contribution in [1.29, 1.82) is 0 Å². The summed E-state index contributed by atoms with van der Waals surface area (Å²) in [5.41, 5.74) is 0. The van der Waals surface area contributed by atoms with Crippen LogP contribution >= 0.6 is 0 Å². The van der Waals surface area contributed by atoms with E-state index in [0.717, 1.165) is 13.2 Å². The van der Waals surface area contributed by atoms with Crippen LogP contribution in [0.4, 0.5) is 0 Å². The van der Waals surface area contributed by atoms with E-state index in [9.17, 15) is 0 Å². The van der Waals surface area contributed by atoms with Crippen LogP contribution in [0, 0.1) is 0 Å². The fourth-order valence-corrected chi connectivity index (χ4v) is 0.794. The van der Waals surface area contributed by atoms with Crippen LogP contribution in [-0.4, -0.2) is 41.8 Å². The monoisotopic (exact) mass is 191 g/mol. The average Bonchev–Trinajstić information content (AvgIpc) is 2.14. The molecule has 0 unspecified atom stereocenters. The summed E-state index contributed by atoms with van der Waals surface area (Å²) in [4.78, 5) is 0. The predicted octanol–water partition coefficient (Wildman–Crippen LogP) is -3.22. The lowest BCUT2D eigenvalue weighted by molar-refractivity contribution is -0.697. The molecule has 0 atom stereocenters. The van der Waals surface area contributed by atoms with Crippen molar-refractivity contribution in [3.63, 3.8) is 0 Å². The highest BCUT2D eigenvalue weighted by Crippen LogP contribution is 1.78. The van der Waals surface area contributed by atoms with E-state index < -0.39 is 0 Å². The van der Waals surface area contributed by atoms with Crippen molar-refractivity contribution >= 4 is 12.4 Å². The molecule has 0 N–H and O–H groups in total. The number of hydrogen-bond donors (Lipinski definition) is 0. The predicted molar refractivity (Wildman–Crippen MR) is 34.0 cm³/mol. The second kappa shape index (κ2) is 3.77. The van der Waals surface area contributed by atoms with E-state index in [-0.39, 0.29) is 17.0 Å². The maximum Gasteiger partial charge on any atom is 0.334 e. The Kier molecular flexibility index (Phi) is 3.70. The Morgan fingerprint density at radius 2 is 2.11 bits per heavy atom. The van der Waals surface area contributed by atoms with Gasteiger partial charge < -0.3 is 17.0 Å². The number of hydrogen-bond acceptors (Lipinski definition) is 0. The van der Waals surface area contributed by atoms with Crippen molar-refractivity contribution in [2.75, 3.05) is 20.3 Å². The van der Waals surface area contributed by atoms with E-state index in [2.05, 4.69) is 35.6 Å². The molecule has 0 fully saturated rings. The maximum atomic E-state index is 2.25. The van der Waals surface area contributed by atoms with Crippen LogP contribution in [0.25, 0.3) is 0 Å². The summed E-state index contributed by atoms with van der Waals surface area (Å²) >= 11 is 0. The molecule has 0 saturated heterocycles. The van der Waals surface area contributed by atoms with Crippen molar-refractivity contribution in [3.8, 4) is 0 Å². The van der Waals surface area contributed by atoms with Gasteiger partial charge in [0.05, 0.1) is 0 Å². The zero-order valence-corrected chi connectivity index (χ0v) is 7.43. The van der Waals surface area contributed by atoms with Gasteiger partial charge in [-0.15, -0.1) is 0 Å². The van der Waals surface area contributed by atoms with Crippen LogP contribution in [0.3, 0.4) is 0 Å². The minimum absolute atomic E-state index is 0. The minimum atomic E-state index is 0. The largest absolute Gasteiger partial charge is 1.00 e. The van der Waals surface area contributed by atoms with Gasteiger partial charge in [-0.1, -0.05) is 0 Å². The summed E-state index contributed by atoms with van der Waals surface area (Å²) in [6.07, 6.45) is 4.20. The smallest absolute Gasteiger partial charge is 0.334 e. The van der Waals surface area contributed by atoms with E-state index in [1.807, 2.05) is 0 Å². The molecule has 0 bridgehead atoms. The summed E-state index contributed by atoms with van der Waals surface area (Å²) in [6.45, 7) is 4.32. The highest BCUT2D eigenvalue weighted by molar-refractivity contribution is 6.11. The first-order valence-electron chi connectivity index (χ1n) is 2.95. The first-order chi connectivity index (χ1) is 3.83. The van der Waals surface area contributed by atoms with E-state index in [4.69, 9.17) is 0 Å². The molecule has 9 heavy (non-hydrogen) atoms. The van der Waals surface area contributed by atoms with Crippen molar-refractivity contribution in [1.82, 2.24) is 0 Å². The van der Waals surface area contributed by atoms with Gasteiger partial charge in [0.25, 0.3) is 0 Å². The molecule has 1 aliphatic rings. The summed E-state index contributed by atoms with van der Waals surface area (Å²) in [5, 5.41) is 0. The molecular weight excluding hydrogens is 180 g/mol. The molecular formula is C6H12BrN2+. The molecule has 0 aromatic rings. The first kappa shape index (κ1) is 8.82. The molecule has 0 saturated carbocycles. The van der Waals surface area contributed by atoms with Crippen LogP contribution in [0.2, 0.25) is 0 Å². The Morgan fingerprint density at radius 1 is 1.44 bits per heavy atom. The molecule has 0 aromatic heterocycles. The minimum Gasteiger partial charge on any atom is -1.00 e. The van der Waals surface area contributed by atoms with Crippen LogP contribution in [0.1, 0.15) is 6.92 Å². The van der Waals surface area contributed by atoms with Crippen molar-refractivity contribution in [2.45, 2.75) is 6.92 Å². The van der Waals surface area contributed by atoms with E-state index in [1.54, 1.807) is 0 Å². The van der Waals surface area contributed by atoms with Crippen LogP contribution in [0.5, 0.6) is 0 Å². The normalized spacial score (nSPS) is 16.2. The lowest BCUT2D eigenvalue weighted by Gasteiger charge is -1.85. The van der Waals surface area contributed by atoms with Crippen molar-refractivity contribution in [2.24, 2.45) is 0 Å². The number of nitrogens with zero attached hydrogens (tertiary/aromatic N) is 2. The van der Waals surface area contributed by atoms with Gasteiger partial charge in [-0.3, -0.25) is 0 Å². The van der Waals surface area contributed by atoms with Crippen molar-refractivity contribution in [3.05, 3.63) is 0 Å². The third-order valence-corrected chi connectivity index (χ3v) is 1.34. The number of rotatable bonds is 1. The standard InChI is InChI=1S/C6H12N2.BrH/c1-3-8-5-4-7(2)6-8;/h4-5H,3,6H2,1-2H3;1H/q+2;/p-1. The molecule has 0 radical (unpaired) electrons. The van der Waals surface area contributed by atoms with Gasteiger partial charge in [-0.25, -0.2) is 0 Å². The lowest BCUT2D eigenvalue weighted by atomic mass is 10.7. The van der Waals surface area contributed by atoms with E-state index >= 15 is 0 Å². The van der Waals surface area contributed by atoms with E-state index in [0.29, 0.717) is 0 Å². The summed E-state index contributed by atoms with van der Waals surface area (Å²) in [7, 11) is 2.08. The highest BCUT2D eigenvalue weighted by Gasteiger charge is 2.12.